The molecule has 0 amide bonds. The Labute approximate surface area is 124 Å². The molecule has 3 aromatic rings. The monoisotopic (exact) mass is 432 g/mol. The van der Waals surface area contributed by atoms with Gasteiger partial charge in [0.15, 0.2) is 0 Å². The number of aryl methyl sites for hydroxylation is 1. The van der Waals surface area contributed by atoms with Crippen LogP contribution >= 0.6 is 11.3 Å². The zero-order valence-corrected chi connectivity index (χ0v) is 13.0. The second kappa shape index (κ2) is 5.61. The number of rotatable bonds is 2. The molecule has 1 aromatic carbocycles. The van der Waals surface area contributed by atoms with Crippen molar-refractivity contribution in [1.82, 2.24) is 9.55 Å². The van der Waals surface area contributed by atoms with E-state index < -0.39 is 0 Å². The first-order valence-corrected chi connectivity index (χ1v) is 6.31. The van der Waals surface area contributed by atoms with Crippen molar-refractivity contribution >= 4 is 11.3 Å². The van der Waals surface area contributed by atoms with Crippen molar-refractivity contribution in [2.75, 3.05) is 0 Å². The van der Waals surface area contributed by atoms with Crippen molar-refractivity contribution in [3.05, 3.63) is 53.5 Å². The zero-order chi connectivity index (χ0) is 11.7. The van der Waals surface area contributed by atoms with Crippen LogP contribution in [0.25, 0.3) is 22.5 Å². The van der Waals surface area contributed by atoms with Gasteiger partial charge in [0.25, 0.3) is 0 Å². The third-order valence-electron chi connectivity index (χ3n) is 2.73. The molecule has 3 rings (SSSR count). The van der Waals surface area contributed by atoms with Crippen LogP contribution in [-0.4, -0.2) is 9.55 Å². The van der Waals surface area contributed by atoms with Gasteiger partial charge in [0, 0.05) is 20.1 Å². The summed E-state index contributed by atoms with van der Waals surface area (Å²) >= 11 is 1.61. The molecule has 2 heterocycles. The number of benzene rings is 1. The molecule has 0 atom stereocenters. The van der Waals surface area contributed by atoms with Crippen LogP contribution in [-0.2, 0) is 27.2 Å². The van der Waals surface area contributed by atoms with Crippen molar-refractivity contribution in [3.63, 3.8) is 0 Å². The first-order valence-electron chi connectivity index (χ1n) is 5.37. The van der Waals surface area contributed by atoms with Gasteiger partial charge in [-0.05, 0) is 18.1 Å². The Bertz CT molecular complexity index is 615. The fraction of sp³-hybridized carbons (Fsp3) is 0.0714. The zero-order valence-electron chi connectivity index (χ0n) is 9.75. The summed E-state index contributed by atoms with van der Waals surface area (Å²) in [5, 5.41) is 2.05. The normalized spacial score (nSPS) is 10.1. The van der Waals surface area contributed by atoms with Gasteiger partial charge in [0.1, 0.15) is 0 Å². The number of nitrogens with zero attached hydrogens (tertiary/aromatic N) is 2. The Morgan fingerprint density at radius 2 is 2.00 bits per heavy atom. The Morgan fingerprint density at radius 3 is 2.67 bits per heavy atom. The van der Waals surface area contributed by atoms with Crippen LogP contribution in [0.3, 0.4) is 0 Å². The van der Waals surface area contributed by atoms with Crippen LogP contribution in [0.15, 0.2) is 47.4 Å². The summed E-state index contributed by atoms with van der Waals surface area (Å²) < 4.78 is 2.09. The van der Waals surface area contributed by atoms with E-state index in [1.807, 2.05) is 37.0 Å². The number of hydrogen-bond donors (Lipinski definition) is 0. The van der Waals surface area contributed by atoms with Crippen molar-refractivity contribution in [3.8, 4) is 22.5 Å². The van der Waals surface area contributed by atoms with Gasteiger partial charge in [-0.15, -0.1) is 16.9 Å². The van der Waals surface area contributed by atoms with Gasteiger partial charge in [-0.25, -0.2) is 0 Å². The summed E-state index contributed by atoms with van der Waals surface area (Å²) in [6.07, 6.45) is 1.96. The minimum atomic E-state index is 0. The van der Waals surface area contributed by atoms with E-state index in [-0.39, 0.29) is 20.1 Å². The molecule has 0 N–H and O–H groups in total. The molecule has 2 nitrogen and oxygen atoms in total. The van der Waals surface area contributed by atoms with E-state index in [4.69, 9.17) is 0 Å². The van der Waals surface area contributed by atoms with E-state index in [1.165, 1.54) is 5.56 Å². The number of aromatic nitrogens is 2. The summed E-state index contributed by atoms with van der Waals surface area (Å²) in [6.45, 7) is 0. The predicted octanol–water partition coefficient (Wildman–Crippen LogP) is 3.61. The first-order chi connectivity index (χ1) is 8.36. The molecule has 2 aromatic heterocycles. The average molecular weight is 432 g/mol. The Kier molecular flexibility index (Phi) is 4.12. The maximum absolute atomic E-state index is 4.36. The van der Waals surface area contributed by atoms with Gasteiger partial charge in [0.05, 0.1) is 5.51 Å². The molecule has 93 valence electrons. The fourth-order valence-corrected chi connectivity index (χ4v) is 2.49. The summed E-state index contributed by atoms with van der Waals surface area (Å²) in [5.41, 5.74) is 6.27. The Hall–Kier alpha value is -1.22. The molecule has 0 spiro atoms. The van der Waals surface area contributed by atoms with Gasteiger partial charge in [0.2, 0.25) is 0 Å². The van der Waals surface area contributed by atoms with E-state index in [0.717, 1.165) is 17.0 Å². The van der Waals surface area contributed by atoms with Crippen molar-refractivity contribution in [2.24, 2.45) is 7.05 Å². The van der Waals surface area contributed by atoms with Crippen LogP contribution in [0.4, 0.5) is 0 Å². The maximum atomic E-state index is 4.36. The molecular formula is C14H11IrN2S-. The summed E-state index contributed by atoms with van der Waals surface area (Å²) in [6, 6.07) is 13.6. The minimum Gasteiger partial charge on any atom is -0.413 e. The molecule has 0 aliphatic heterocycles. The molecule has 0 unspecified atom stereocenters. The quantitative estimate of drug-likeness (QED) is 0.567. The predicted molar refractivity (Wildman–Crippen MR) is 70.8 cm³/mol. The third kappa shape index (κ3) is 2.32. The second-order valence-corrected chi connectivity index (χ2v) is 4.57. The minimum absolute atomic E-state index is 0. The van der Waals surface area contributed by atoms with Gasteiger partial charge >= 0.3 is 0 Å². The van der Waals surface area contributed by atoms with Crippen molar-refractivity contribution < 1.29 is 20.1 Å². The summed E-state index contributed by atoms with van der Waals surface area (Å²) in [7, 11) is 2.04. The smallest absolute Gasteiger partial charge is 0.0639 e. The molecule has 18 heavy (non-hydrogen) atoms. The Balaban J connectivity index is 0.00000120. The largest absolute Gasteiger partial charge is 0.413 e. The fourth-order valence-electron chi connectivity index (χ4n) is 1.95. The van der Waals surface area contributed by atoms with Crippen LogP contribution in [0.2, 0.25) is 0 Å². The first kappa shape index (κ1) is 13.2. The second-order valence-electron chi connectivity index (χ2n) is 3.85. The van der Waals surface area contributed by atoms with E-state index in [9.17, 15) is 0 Å². The van der Waals surface area contributed by atoms with Crippen molar-refractivity contribution in [1.29, 1.82) is 0 Å². The molecule has 0 bridgehead atoms. The molecule has 0 aliphatic carbocycles. The van der Waals surface area contributed by atoms with Crippen LogP contribution in [0.1, 0.15) is 0 Å². The van der Waals surface area contributed by atoms with E-state index in [2.05, 4.69) is 33.1 Å². The maximum Gasteiger partial charge on any atom is 0.0639 e. The molecule has 0 fully saturated rings. The van der Waals surface area contributed by atoms with Gasteiger partial charge in [-0.1, -0.05) is 47.8 Å². The van der Waals surface area contributed by atoms with Crippen LogP contribution in [0.5, 0.6) is 0 Å². The van der Waals surface area contributed by atoms with E-state index in [1.54, 1.807) is 11.3 Å². The number of hydrogen-bond acceptors (Lipinski definition) is 2. The third-order valence-corrected chi connectivity index (χ3v) is 3.31. The Morgan fingerprint density at radius 1 is 1.22 bits per heavy atom. The molecule has 0 saturated carbocycles. The van der Waals surface area contributed by atoms with Gasteiger partial charge < -0.3 is 9.55 Å². The van der Waals surface area contributed by atoms with Crippen molar-refractivity contribution in [2.45, 2.75) is 0 Å². The van der Waals surface area contributed by atoms with E-state index in [0.29, 0.717) is 0 Å². The van der Waals surface area contributed by atoms with E-state index >= 15 is 0 Å². The van der Waals surface area contributed by atoms with Crippen LogP contribution in [0, 0.1) is 6.07 Å². The van der Waals surface area contributed by atoms with Gasteiger partial charge in [-0.2, -0.15) is 6.07 Å². The average Bonchev–Trinajstić information content (AvgIpc) is 2.98. The SMILES string of the molecule is Cn1c[c-]c(-c2cscn2)c1-c1ccccc1.[Ir]. The molecule has 0 saturated heterocycles. The molecule has 0 aliphatic rings. The standard InChI is InChI=1S/C14H11N2S.Ir/c1-16-8-7-12(13-9-17-10-15-13)14(16)11-5-3-2-4-6-11;/h2-6,8-10H,1H3;/q-1;. The molecular weight excluding hydrogens is 420 g/mol. The number of thiazole rings is 1. The topological polar surface area (TPSA) is 17.8 Å². The van der Waals surface area contributed by atoms with Gasteiger partial charge in [-0.3, -0.25) is 0 Å². The summed E-state index contributed by atoms with van der Waals surface area (Å²) in [4.78, 5) is 4.36. The summed E-state index contributed by atoms with van der Waals surface area (Å²) in [5.74, 6) is 0. The van der Waals surface area contributed by atoms with Crippen LogP contribution < -0.4 is 0 Å². The molecule has 4 heteroatoms. The molecule has 1 radical (unpaired) electrons.